The lowest BCUT2D eigenvalue weighted by Gasteiger charge is -2.50. The van der Waals surface area contributed by atoms with Crippen LogP contribution in [0.3, 0.4) is 0 Å². The number of hydrogen-bond donors (Lipinski definition) is 1. The van der Waals surface area contributed by atoms with Gasteiger partial charge in [0.2, 0.25) is 23.6 Å². The lowest BCUT2D eigenvalue weighted by Crippen LogP contribution is -2.53. The Labute approximate surface area is 302 Å². The number of amides is 4. The summed E-state index contributed by atoms with van der Waals surface area (Å²) in [5, 5.41) is 9.71. The van der Waals surface area contributed by atoms with Crippen molar-refractivity contribution < 1.29 is 29.0 Å². The summed E-state index contributed by atoms with van der Waals surface area (Å²) < 4.78 is 6.50. The van der Waals surface area contributed by atoms with E-state index in [0.717, 1.165) is 15.6 Å². The van der Waals surface area contributed by atoms with E-state index in [0.29, 0.717) is 34.1 Å². The first kappa shape index (κ1) is 32.6. The Morgan fingerprint density at radius 3 is 2.24 bits per heavy atom. The molecule has 1 N–H and O–H groups in total. The number of carbonyl (C=O) groups excluding carboxylic acids is 4. The van der Waals surface area contributed by atoms with Crippen molar-refractivity contribution >= 4 is 62.5 Å². The Morgan fingerprint density at radius 1 is 0.800 bits per heavy atom. The Morgan fingerprint density at radius 2 is 1.54 bits per heavy atom. The maximum atomic E-state index is 15.3. The molecule has 0 spiro atoms. The van der Waals surface area contributed by atoms with Crippen LogP contribution in [0.25, 0.3) is 0 Å². The van der Waals surface area contributed by atoms with Crippen molar-refractivity contribution in [2.75, 3.05) is 23.0 Å². The highest BCUT2D eigenvalue weighted by molar-refractivity contribution is 9.10. The summed E-state index contributed by atoms with van der Waals surface area (Å²) in [4.78, 5) is 61.1. The van der Waals surface area contributed by atoms with E-state index in [1.54, 1.807) is 60.7 Å². The van der Waals surface area contributed by atoms with Crippen LogP contribution < -0.4 is 14.5 Å². The summed E-state index contributed by atoms with van der Waals surface area (Å²) in [5.41, 5.74) is 1.88. The van der Waals surface area contributed by atoms with Gasteiger partial charge in [-0.05, 0) is 84.5 Å². The average Bonchev–Trinajstić information content (AvgIpc) is 3.52. The summed E-state index contributed by atoms with van der Waals surface area (Å²) in [6.45, 7) is -0.0119. The third-order valence-corrected chi connectivity index (χ3v) is 11.6. The molecule has 2 aliphatic heterocycles. The lowest BCUT2D eigenvalue weighted by molar-refractivity contribution is -0.127. The fraction of sp³-hybridized carbons (Fsp3) is 0.250. The summed E-state index contributed by atoms with van der Waals surface area (Å²) in [6, 6.07) is 30.6. The van der Waals surface area contributed by atoms with Crippen LogP contribution in [-0.2, 0) is 24.6 Å². The van der Waals surface area contributed by atoms with Crippen LogP contribution in [0.1, 0.15) is 29.9 Å². The second-order valence-corrected chi connectivity index (χ2v) is 14.6. The van der Waals surface area contributed by atoms with Crippen LogP contribution in [0.15, 0.2) is 119 Å². The summed E-state index contributed by atoms with van der Waals surface area (Å²) >= 11 is 9.84. The molecular weight excluding hydrogens is 720 g/mol. The number of benzene rings is 4. The Bertz CT molecular complexity index is 2050. The Balaban J connectivity index is 1.32. The number of halogens is 2. The number of rotatable bonds is 7. The minimum absolute atomic E-state index is 0.127. The molecule has 8 rings (SSSR count). The summed E-state index contributed by atoms with van der Waals surface area (Å²) in [5.74, 6) is -3.98. The van der Waals surface area contributed by atoms with E-state index in [1.807, 2.05) is 48.5 Å². The zero-order chi connectivity index (χ0) is 34.7. The number of aliphatic hydroxyl groups is 1. The number of nitrogens with zero attached hydrogens (tertiary/aromatic N) is 2. The maximum Gasteiger partial charge on any atom is 0.246 e. The molecule has 4 aromatic rings. The van der Waals surface area contributed by atoms with E-state index in [4.69, 9.17) is 16.3 Å². The van der Waals surface area contributed by atoms with E-state index in [-0.39, 0.29) is 43.3 Å². The zero-order valence-corrected chi connectivity index (χ0v) is 29.1. The third-order valence-electron chi connectivity index (χ3n) is 10.8. The van der Waals surface area contributed by atoms with Gasteiger partial charge in [-0.25, -0.2) is 4.90 Å². The smallest absolute Gasteiger partial charge is 0.246 e. The first-order valence-corrected chi connectivity index (χ1v) is 17.8. The highest BCUT2D eigenvalue weighted by Crippen LogP contribution is 2.64. The van der Waals surface area contributed by atoms with Crippen LogP contribution in [0.4, 0.5) is 11.4 Å². The molecule has 2 saturated heterocycles. The first-order valence-electron chi connectivity index (χ1n) is 16.6. The number of imide groups is 2. The molecule has 0 bridgehead atoms. The monoisotopic (exact) mass is 750 g/mol. The fourth-order valence-electron chi connectivity index (χ4n) is 8.88. The molecular formula is C40H32BrClN2O6. The highest BCUT2D eigenvalue weighted by atomic mass is 79.9. The molecule has 4 aromatic carbocycles. The first-order chi connectivity index (χ1) is 24.2. The number of carbonyl (C=O) groups is 4. The van der Waals surface area contributed by atoms with E-state index >= 15 is 4.79 Å². The summed E-state index contributed by atoms with van der Waals surface area (Å²) in [6.07, 6.45) is 2.59. The van der Waals surface area contributed by atoms with Gasteiger partial charge in [-0.1, -0.05) is 87.7 Å². The van der Waals surface area contributed by atoms with Gasteiger partial charge in [0.25, 0.3) is 0 Å². The van der Waals surface area contributed by atoms with E-state index in [9.17, 15) is 19.5 Å². The minimum atomic E-state index is -1.36. The van der Waals surface area contributed by atoms with Gasteiger partial charge in [-0.15, -0.1) is 0 Å². The van der Waals surface area contributed by atoms with Gasteiger partial charge in [0.1, 0.15) is 12.4 Å². The normalized spacial score (nSPS) is 27.2. The average molecular weight is 752 g/mol. The maximum absolute atomic E-state index is 15.3. The summed E-state index contributed by atoms with van der Waals surface area (Å²) in [7, 11) is 0. The van der Waals surface area contributed by atoms with Gasteiger partial charge in [0.15, 0.2) is 0 Å². The van der Waals surface area contributed by atoms with Gasteiger partial charge in [-0.3, -0.25) is 24.1 Å². The van der Waals surface area contributed by atoms with Gasteiger partial charge in [-0.2, -0.15) is 0 Å². The molecule has 4 aliphatic rings. The molecule has 0 unspecified atom stereocenters. The third kappa shape index (κ3) is 4.89. The van der Waals surface area contributed by atoms with Crippen LogP contribution in [0.5, 0.6) is 5.75 Å². The molecule has 2 aliphatic carbocycles. The van der Waals surface area contributed by atoms with Crippen molar-refractivity contribution in [1.82, 2.24) is 0 Å². The number of hydrogen-bond acceptors (Lipinski definition) is 6. The van der Waals surface area contributed by atoms with Crippen molar-refractivity contribution in [3.8, 4) is 5.75 Å². The van der Waals surface area contributed by atoms with Crippen molar-refractivity contribution in [3.05, 3.63) is 135 Å². The number of aliphatic hydroxyl groups excluding tert-OH is 1. The quantitative estimate of drug-likeness (QED) is 0.164. The molecule has 3 fully saturated rings. The number of allylic oxidation sites excluding steroid dienone is 2. The highest BCUT2D eigenvalue weighted by Gasteiger charge is 2.70. The molecule has 252 valence electrons. The van der Waals surface area contributed by atoms with Crippen molar-refractivity contribution in [2.45, 2.75) is 24.2 Å². The molecule has 50 heavy (non-hydrogen) atoms. The van der Waals surface area contributed by atoms with Gasteiger partial charge in [0.05, 0.1) is 41.2 Å². The largest absolute Gasteiger partial charge is 0.491 e. The number of anilines is 2. The molecule has 0 aromatic heterocycles. The molecule has 10 heteroatoms. The van der Waals surface area contributed by atoms with E-state index in [1.165, 1.54) is 9.80 Å². The SMILES string of the molecule is O=C1[C@H]2[C@H](CC=C3[C@H]2C[C@H]2C(=O)N(c4cccc(Cl)c4)C(=O)[C@@]2(c2ccccc2)[C@H]3c2ccc(OCCO)cc2)C(=O)N1c1ccc(Br)cc1. The second kappa shape index (κ2) is 12.6. The molecule has 0 radical (unpaired) electrons. The van der Waals surface area contributed by atoms with Crippen molar-refractivity contribution in [1.29, 1.82) is 0 Å². The Kier molecular flexibility index (Phi) is 8.25. The Hall–Kier alpha value is -4.57. The lowest BCUT2D eigenvalue weighted by atomic mass is 9.49. The zero-order valence-electron chi connectivity index (χ0n) is 26.7. The van der Waals surface area contributed by atoms with Crippen molar-refractivity contribution in [3.63, 3.8) is 0 Å². The molecule has 6 atom stereocenters. The van der Waals surface area contributed by atoms with Crippen LogP contribution >= 0.6 is 27.5 Å². The fourth-order valence-corrected chi connectivity index (χ4v) is 9.33. The van der Waals surface area contributed by atoms with Gasteiger partial charge in [0, 0.05) is 15.4 Å². The van der Waals surface area contributed by atoms with Crippen LogP contribution in [0.2, 0.25) is 5.02 Å². The predicted octanol–water partition coefficient (Wildman–Crippen LogP) is 6.84. The standard InChI is InChI=1S/C40H32BrClN2O6/c41-25-11-13-27(14-12-25)43-36(46)31-18-17-30-32(34(31)38(43)48)22-33-37(47)44(28-8-4-7-26(42)21-28)39(49)40(33,24-5-2-1-3-6-24)35(30)23-9-15-29(16-10-23)50-20-19-45/h1-17,21,31-35,45H,18-20,22H2/t31-,32+,33-,34-,35-,40+/m0/s1. The molecule has 4 amide bonds. The van der Waals surface area contributed by atoms with E-state index < -0.39 is 35.0 Å². The topological polar surface area (TPSA) is 104 Å². The van der Waals surface area contributed by atoms with Crippen molar-refractivity contribution in [2.24, 2.45) is 23.7 Å². The predicted molar refractivity (Wildman–Crippen MR) is 192 cm³/mol. The van der Waals surface area contributed by atoms with Crippen LogP contribution in [0, 0.1) is 23.7 Å². The second-order valence-electron chi connectivity index (χ2n) is 13.2. The number of ether oxygens (including phenoxy) is 1. The molecule has 1 saturated carbocycles. The molecule has 2 heterocycles. The minimum Gasteiger partial charge on any atom is -0.491 e. The number of fused-ring (bicyclic) bond motifs is 4. The molecule has 8 nitrogen and oxygen atoms in total. The van der Waals surface area contributed by atoms with Crippen LogP contribution in [-0.4, -0.2) is 41.9 Å². The van der Waals surface area contributed by atoms with E-state index in [2.05, 4.69) is 15.9 Å². The van der Waals surface area contributed by atoms with Gasteiger partial charge >= 0.3 is 0 Å². The van der Waals surface area contributed by atoms with Gasteiger partial charge < -0.3 is 9.84 Å².